The number of carbonyl (C=O) groups excluding carboxylic acids is 1. The highest BCUT2D eigenvalue weighted by Gasteiger charge is 2.28. The highest BCUT2D eigenvalue weighted by atomic mass is 35.5. The molecule has 0 saturated carbocycles. The lowest BCUT2D eigenvalue weighted by atomic mass is 10.2. The molecule has 0 bridgehead atoms. The normalized spacial score (nSPS) is 15.9. The van der Waals surface area contributed by atoms with Crippen LogP contribution >= 0.6 is 34.5 Å². The molecule has 1 atom stereocenters. The van der Waals surface area contributed by atoms with E-state index in [1.807, 2.05) is 0 Å². The van der Waals surface area contributed by atoms with Crippen LogP contribution in [0, 0.1) is 0 Å². The number of amides is 1. The van der Waals surface area contributed by atoms with E-state index in [1.165, 1.54) is 17.7 Å². The van der Waals surface area contributed by atoms with Crippen molar-refractivity contribution in [2.75, 3.05) is 26.2 Å². The lowest BCUT2D eigenvalue weighted by molar-refractivity contribution is -0.918. The van der Waals surface area contributed by atoms with Crippen LogP contribution in [0.15, 0.2) is 35.7 Å². The number of likely N-dealkylation sites (tertiary alicyclic amines) is 1. The summed E-state index contributed by atoms with van der Waals surface area (Å²) in [6.45, 7) is 2.88. The van der Waals surface area contributed by atoms with Crippen molar-refractivity contribution in [2.45, 2.75) is 18.9 Å². The van der Waals surface area contributed by atoms with Crippen LogP contribution in [0.2, 0.25) is 10.0 Å². The van der Waals surface area contributed by atoms with Crippen LogP contribution < -0.4 is 15.0 Å². The number of rotatable bonds is 7. The number of thiophene rings is 1. The highest BCUT2D eigenvalue weighted by Crippen LogP contribution is 2.27. The molecule has 4 nitrogen and oxygen atoms in total. The number of benzene rings is 1. The molecule has 0 unspecified atom stereocenters. The Hall–Kier alpha value is -1.27. The fraction of sp³-hybridized carbons (Fsp3) is 0.389. The van der Waals surface area contributed by atoms with E-state index in [0.717, 1.165) is 13.1 Å². The van der Waals surface area contributed by atoms with E-state index in [1.54, 1.807) is 34.4 Å². The third-order valence-corrected chi connectivity index (χ3v) is 5.90. The van der Waals surface area contributed by atoms with Crippen molar-refractivity contribution in [3.05, 3.63) is 50.6 Å². The van der Waals surface area contributed by atoms with Gasteiger partial charge in [0, 0.05) is 17.9 Å². The maximum absolute atomic E-state index is 12.2. The molecule has 1 aliphatic rings. The van der Waals surface area contributed by atoms with Gasteiger partial charge in [0.15, 0.2) is 6.61 Å². The molecule has 1 aromatic carbocycles. The summed E-state index contributed by atoms with van der Waals surface area (Å²) in [5.41, 5.74) is 0. The first-order valence-electron chi connectivity index (χ1n) is 8.36. The lowest BCUT2D eigenvalue weighted by Gasteiger charge is -2.24. The molecule has 1 aliphatic heterocycles. The molecule has 1 amide bonds. The average Bonchev–Trinajstić information content (AvgIpc) is 3.28. The number of hydrogen-bond donors (Lipinski definition) is 2. The van der Waals surface area contributed by atoms with Gasteiger partial charge in [-0.05, 0) is 29.6 Å². The minimum Gasteiger partial charge on any atom is -0.482 e. The SMILES string of the molecule is O=C(COc1ccc(Cl)cc1Cl)NC[C@@H](c1cccs1)[NH+]1CCCC1. The van der Waals surface area contributed by atoms with Crippen molar-refractivity contribution in [3.8, 4) is 5.75 Å². The third kappa shape index (κ3) is 5.11. The minimum absolute atomic E-state index is 0.0617. The molecule has 0 spiro atoms. The molecule has 25 heavy (non-hydrogen) atoms. The summed E-state index contributed by atoms with van der Waals surface area (Å²) >= 11 is 13.7. The molecule has 1 saturated heterocycles. The van der Waals surface area contributed by atoms with Gasteiger partial charge >= 0.3 is 0 Å². The van der Waals surface area contributed by atoms with Gasteiger partial charge in [-0.25, -0.2) is 0 Å². The van der Waals surface area contributed by atoms with Gasteiger partial charge in [0.1, 0.15) is 11.8 Å². The zero-order chi connectivity index (χ0) is 17.6. The van der Waals surface area contributed by atoms with E-state index < -0.39 is 0 Å². The number of carbonyl (C=O) groups is 1. The summed E-state index contributed by atoms with van der Waals surface area (Å²) in [5, 5.41) is 6.03. The first-order chi connectivity index (χ1) is 12.1. The predicted octanol–water partition coefficient (Wildman–Crippen LogP) is 2.97. The van der Waals surface area contributed by atoms with Crippen molar-refractivity contribution in [3.63, 3.8) is 0 Å². The topological polar surface area (TPSA) is 42.8 Å². The van der Waals surface area contributed by atoms with Gasteiger partial charge in [-0.1, -0.05) is 29.3 Å². The molecule has 2 aromatic rings. The Morgan fingerprint density at radius 1 is 1.28 bits per heavy atom. The van der Waals surface area contributed by atoms with Gasteiger partial charge in [0.2, 0.25) is 0 Å². The van der Waals surface area contributed by atoms with Gasteiger partial charge < -0.3 is 15.0 Å². The molecule has 1 aromatic heterocycles. The standard InChI is InChI=1S/C18H20Cl2N2O2S/c19-13-5-6-16(14(20)10-13)24-12-18(23)21-11-15(17-4-3-9-25-17)22-7-1-2-8-22/h3-6,9-10,15H,1-2,7-8,11-12H2,(H,21,23)/p+1/t15-/m0/s1. The van der Waals surface area contributed by atoms with Gasteiger partial charge in [0.05, 0.1) is 29.5 Å². The fourth-order valence-corrected chi connectivity index (χ4v) is 4.46. The molecule has 3 rings (SSSR count). The molecular formula is C18H21Cl2N2O2S+. The third-order valence-electron chi connectivity index (χ3n) is 4.38. The largest absolute Gasteiger partial charge is 0.482 e. The molecule has 0 aliphatic carbocycles. The van der Waals surface area contributed by atoms with Crippen molar-refractivity contribution < 1.29 is 14.4 Å². The smallest absolute Gasteiger partial charge is 0.258 e. The molecule has 0 radical (unpaired) electrons. The van der Waals surface area contributed by atoms with Crippen molar-refractivity contribution in [1.29, 1.82) is 0 Å². The summed E-state index contributed by atoms with van der Waals surface area (Å²) < 4.78 is 5.50. The molecule has 7 heteroatoms. The van der Waals surface area contributed by atoms with E-state index in [9.17, 15) is 4.79 Å². The van der Waals surface area contributed by atoms with E-state index in [2.05, 4.69) is 22.8 Å². The van der Waals surface area contributed by atoms with E-state index in [4.69, 9.17) is 27.9 Å². The van der Waals surface area contributed by atoms with Crippen LogP contribution in [0.4, 0.5) is 0 Å². The molecule has 134 valence electrons. The second-order valence-electron chi connectivity index (χ2n) is 6.10. The summed E-state index contributed by atoms with van der Waals surface area (Å²) in [6, 6.07) is 9.48. The monoisotopic (exact) mass is 399 g/mol. The number of halogens is 2. The molecule has 1 fully saturated rings. The Morgan fingerprint density at radius 3 is 2.76 bits per heavy atom. The summed E-state index contributed by atoms with van der Waals surface area (Å²) in [4.78, 5) is 15.0. The maximum Gasteiger partial charge on any atom is 0.258 e. The van der Waals surface area contributed by atoms with Crippen molar-refractivity contribution in [2.24, 2.45) is 0 Å². The van der Waals surface area contributed by atoms with Crippen molar-refractivity contribution in [1.82, 2.24) is 5.32 Å². The van der Waals surface area contributed by atoms with Crippen LogP contribution in [0.1, 0.15) is 23.8 Å². The lowest BCUT2D eigenvalue weighted by Crippen LogP contribution is -3.11. The second-order valence-corrected chi connectivity index (χ2v) is 7.92. The summed E-state index contributed by atoms with van der Waals surface area (Å²) in [5.74, 6) is 0.312. The predicted molar refractivity (Wildman–Crippen MR) is 102 cm³/mol. The molecule has 2 N–H and O–H groups in total. The first kappa shape index (κ1) is 18.5. The van der Waals surface area contributed by atoms with E-state index in [0.29, 0.717) is 28.4 Å². The van der Waals surface area contributed by atoms with Crippen LogP contribution in [0.5, 0.6) is 5.75 Å². The number of ether oxygens (including phenoxy) is 1. The van der Waals surface area contributed by atoms with Gasteiger partial charge in [-0.2, -0.15) is 0 Å². The Balaban J connectivity index is 1.53. The fourth-order valence-electron chi connectivity index (χ4n) is 3.12. The zero-order valence-corrected chi connectivity index (χ0v) is 16.1. The van der Waals surface area contributed by atoms with Gasteiger partial charge in [0.25, 0.3) is 5.91 Å². The number of quaternary nitrogens is 1. The van der Waals surface area contributed by atoms with Crippen molar-refractivity contribution >= 4 is 40.4 Å². The number of nitrogens with one attached hydrogen (secondary N) is 2. The van der Waals surface area contributed by atoms with Crippen LogP contribution in [-0.2, 0) is 4.79 Å². The van der Waals surface area contributed by atoms with E-state index in [-0.39, 0.29) is 12.5 Å². The maximum atomic E-state index is 12.2. The molecular weight excluding hydrogens is 379 g/mol. The van der Waals surface area contributed by atoms with Crippen LogP contribution in [0.3, 0.4) is 0 Å². The van der Waals surface area contributed by atoms with Gasteiger partial charge in [-0.15, -0.1) is 11.3 Å². The van der Waals surface area contributed by atoms with E-state index >= 15 is 0 Å². The number of hydrogen-bond acceptors (Lipinski definition) is 3. The quantitative estimate of drug-likeness (QED) is 0.751. The Labute approximate surface area is 161 Å². The van der Waals surface area contributed by atoms with Gasteiger partial charge in [-0.3, -0.25) is 4.79 Å². The Kier molecular flexibility index (Phi) is 6.59. The summed E-state index contributed by atoms with van der Waals surface area (Å²) in [6.07, 6.45) is 2.51. The zero-order valence-electron chi connectivity index (χ0n) is 13.8. The Bertz CT molecular complexity index is 703. The second kappa shape index (κ2) is 8.90. The highest BCUT2D eigenvalue weighted by molar-refractivity contribution is 7.10. The minimum atomic E-state index is -0.147. The van der Waals surface area contributed by atoms with Crippen LogP contribution in [0.25, 0.3) is 0 Å². The molecule has 2 heterocycles. The summed E-state index contributed by atoms with van der Waals surface area (Å²) in [7, 11) is 0. The Morgan fingerprint density at radius 2 is 2.08 bits per heavy atom. The first-order valence-corrected chi connectivity index (χ1v) is 9.99. The van der Waals surface area contributed by atoms with Crippen LogP contribution in [-0.4, -0.2) is 32.1 Å². The average molecular weight is 400 g/mol.